The minimum absolute atomic E-state index is 0.00153. The molecule has 1 aliphatic heterocycles. The largest absolute Gasteiger partial charge is 0.396 e. The Labute approximate surface area is 99.5 Å². The summed E-state index contributed by atoms with van der Waals surface area (Å²) in [5.74, 6) is 0.880. The van der Waals surface area contributed by atoms with Gasteiger partial charge in [0.1, 0.15) is 6.10 Å². The number of hydrogen-bond donors (Lipinski definition) is 2. The van der Waals surface area contributed by atoms with E-state index < -0.39 is 6.04 Å². The molecule has 2 heterocycles. The van der Waals surface area contributed by atoms with Crippen LogP contribution in [0.4, 0.5) is 0 Å². The van der Waals surface area contributed by atoms with Crippen molar-refractivity contribution in [1.82, 2.24) is 15.0 Å². The molecular formula is C10H18N4O3. The predicted molar refractivity (Wildman–Crippen MR) is 59.1 cm³/mol. The normalized spacial score (nSPS) is 23.8. The first-order valence-electron chi connectivity index (χ1n) is 5.70. The minimum Gasteiger partial charge on any atom is -0.396 e. The highest BCUT2D eigenvalue weighted by Gasteiger charge is 2.25. The van der Waals surface area contributed by atoms with Crippen LogP contribution in [0, 0.1) is 0 Å². The van der Waals surface area contributed by atoms with E-state index in [1.807, 2.05) is 7.05 Å². The topological polar surface area (TPSA) is 97.6 Å². The Kier molecular flexibility index (Phi) is 4.06. The number of nitrogens with two attached hydrogens (primary N) is 1. The van der Waals surface area contributed by atoms with Crippen molar-refractivity contribution in [2.75, 3.05) is 33.4 Å². The number of aromatic nitrogens is 2. The first-order chi connectivity index (χ1) is 8.20. The standard InChI is InChI=1S/C10H18N4O3/c1-14-3-5-16-8(6-14)9-12-10(17-13-9)7(11)2-4-15/h7-8,15H,2-6,11H2,1H3. The van der Waals surface area contributed by atoms with Crippen LogP contribution in [-0.4, -0.2) is 53.5 Å². The molecule has 0 aromatic carbocycles. The van der Waals surface area contributed by atoms with Crippen LogP contribution < -0.4 is 5.73 Å². The van der Waals surface area contributed by atoms with Crippen molar-refractivity contribution >= 4 is 0 Å². The van der Waals surface area contributed by atoms with Crippen molar-refractivity contribution in [1.29, 1.82) is 0 Å². The zero-order chi connectivity index (χ0) is 12.3. The highest BCUT2D eigenvalue weighted by atomic mass is 16.5. The Hall–Kier alpha value is -1.02. The molecule has 96 valence electrons. The van der Waals surface area contributed by atoms with Gasteiger partial charge in [-0.25, -0.2) is 0 Å². The van der Waals surface area contributed by atoms with Gasteiger partial charge in [0.2, 0.25) is 11.7 Å². The van der Waals surface area contributed by atoms with Gasteiger partial charge in [0, 0.05) is 19.7 Å². The fourth-order valence-electron chi connectivity index (χ4n) is 1.73. The van der Waals surface area contributed by atoms with E-state index >= 15 is 0 Å². The van der Waals surface area contributed by atoms with Gasteiger partial charge in [0.15, 0.2) is 0 Å². The number of hydrogen-bond acceptors (Lipinski definition) is 7. The Morgan fingerprint density at radius 1 is 1.65 bits per heavy atom. The van der Waals surface area contributed by atoms with Gasteiger partial charge >= 0.3 is 0 Å². The van der Waals surface area contributed by atoms with Gasteiger partial charge in [-0.05, 0) is 13.5 Å². The van der Waals surface area contributed by atoms with Gasteiger partial charge in [-0.3, -0.25) is 0 Å². The second kappa shape index (κ2) is 5.54. The van der Waals surface area contributed by atoms with Crippen molar-refractivity contribution in [3.8, 4) is 0 Å². The molecule has 0 aliphatic carbocycles. The van der Waals surface area contributed by atoms with E-state index in [1.54, 1.807) is 0 Å². The summed E-state index contributed by atoms with van der Waals surface area (Å²) in [5, 5.41) is 12.7. The molecule has 2 atom stereocenters. The predicted octanol–water partition coefficient (Wildman–Crippen LogP) is -0.545. The van der Waals surface area contributed by atoms with Crippen LogP contribution in [-0.2, 0) is 4.74 Å². The maximum atomic E-state index is 8.79. The minimum atomic E-state index is -0.414. The van der Waals surface area contributed by atoms with Crippen LogP contribution in [0.1, 0.15) is 30.3 Å². The average molecular weight is 242 g/mol. The summed E-state index contributed by atoms with van der Waals surface area (Å²) in [6.45, 7) is 2.31. The van der Waals surface area contributed by atoms with Crippen LogP contribution >= 0.6 is 0 Å². The quantitative estimate of drug-likeness (QED) is 0.731. The lowest BCUT2D eigenvalue weighted by Gasteiger charge is -2.27. The second-order valence-corrected chi connectivity index (χ2v) is 4.23. The van der Waals surface area contributed by atoms with E-state index in [4.69, 9.17) is 20.1 Å². The molecule has 1 aromatic heterocycles. The lowest BCUT2D eigenvalue weighted by atomic mass is 10.2. The molecule has 1 aliphatic rings. The zero-order valence-corrected chi connectivity index (χ0v) is 9.87. The van der Waals surface area contributed by atoms with E-state index in [0.717, 1.165) is 13.1 Å². The van der Waals surface area contributed by atoms with Crippen molar-refractivity contribution < 1.29 is 14.4 Å². The Morgan fingerprint density at radius 3 is 3.18 bits per heavy atom. The van der Waals surface area contributed by atoms with Crippen LogP contribution in [0.3, 0.4) is 0 Å². The molecule has 0 bridgehead atoms. The van der Waals surface area contributed by atoms with E-state index in [1.165, 1.54) is 0 Å². The molecule has 1 aromatic rings. The van der Waals surface area contributed by atoms with Gasteiger partial charge in [-0.15, -0.1) is 0 Å². The molecule has 2 rings (SSSR count). The van der Waals surface area contributed by atoms with Crippen molar-refractivity contribution in [2.45, 2.75) is 18.6 Å². The molecule has 0 amide bonds. The van der Waals surface area contributed by atoms with Crippen LogP contribution in [0.25, 0.3) is 0 Å². The highest BCUT2D eigenvalue weighted by molar-refractivity contribution is 4.96. The maximum absolute atomic E-state index is 8.79. The monoisotopic (exact) mass is 242 g/mol. The van der Waals surface area contributed by atoms with Crippen molar-refractivity contribution in [3.63, 3.8) is 0 Å². The number of morpholine rings is 1. The smallest absolute Gasteiger partial charge is 0.243 e. The highest BCUT2D eigenvalue weighted by Crippen LogP contribution is 2.20. The van der Waals surface area contributed by atoms with E-state index in [9.17, 15) is 0 Å². The maximum Gasteiger partial charge on any atom is 0.243 e. The third-order valence-corrected chi connectivity index (χ3v) is 2.77. The van der Waals surface area contributed by atoms with E-state index in [0.29, 0.717) is 24.7 Å². The molecule has 7 nitrogen and oxygen atoms in total. The fraction of sp³-hybridized carbons (Fsp3) is 0.800. The van der Waals surface area contributed by atoms with Crippen LogP contribution in [0.15, 0.2) is 4.52 Å². The summed E-state index contributed by atoms with van der Waals surface area (Å²) in [6.07, 6.45) is 0.250. The molecule has 17 heavy (non-hydrogen) atoms. The molecular weight excluding hydrogens is 224 g/mol. The summed E-state index contributed by atoms with van der Waals surface area (Å²) in [4.78, 5) is 6.37. The molecule has 0 spiro atoms. The SMILES string of the molecule is CN1CCOC(c2noc(C(N)CCO)n2)C1. The van der Waals surface area contributed by atoms with E-state index in [-0.39, 0.29) is 12.7 Å². The third-order valence-electron chi connectivity index (χ3n) is 2.77. The molecule has 0 radical (unpaired) electrons. The number of likely N-dealkylation sites (N-methyl/N-ethyl adjacent to an activating group) is 1. The van der Waals surface area contributed by atoms with E-state index in [2.05, 4.69) is 15.0 Å². The zero-order valence-electron chi connectivity index (χ0n) is 9.87. The number of nitrogens with zero attached hydrogens (tertiary/aromatic N) is 3. The molecule has 1 fully saturated rings. The second-order valence-electron chi connectivity index (χ2n) is 4.23. The van der Waals surface area contributed by atoms with Gasteiger partial charge in [-0.1, -0.05) is 5.16 Å². The summed E-state index contributed by atoms with van der Waals surface area (Å²) in [7, 11) is 2.02. The molecule has 3 N–H and O–H groups in total. The Bertz CT molecular complexity index is 357. The Morgan fingerprint density at radius 2 is 2.47 bits per heavy atom. The summed E-state index contributed by atoms with van der Waals surface area (Å²) in [6, 6.07) is -0.414. The lowest BCUT2D eigenvalue weighted by Crippen LogP contribution is -2.35. The summed E-state index contributed by atoms with van der Waals surface area (Å²) < 4.78 is 10.6. The molecule has 1 saturated heterocycles. The summed E-state index contributed by atoms with van der Waals surface area (Å²) >= 11 is 0. The first kappa shape index (κ1) is 12.4. The molecule has 2 unspecified atom stereocenters. The van der Waals surface area contributed by atoms with Gasteiger partial charge in [-0.2, -0.15) is 4.98 Å². The number of rotatable bonds is 4. The first-order valence-corrected chi connectivity index (χ1v) is 5.70. The van der Waals surface area contributed by atoms with Gasteiger partial charge in [0.25, 0.3) is 0 Å². The lowest BCUT2D eigenvalue weighted by molar-refractivity contribution is -0.0264. The van der Waals surface area contributed by atoms with Crippen LogP contribution in [0.5, 0.6) is 0 Å². The number of aliphatic hydroxyl groups is 1. The van der Waals surface area contributed by atoms with Gasteiger partial charge < -0.3 is 25.0 Å². The van der Waals surface area contributed by atoms with Crippen molar-refractivity contribution in [2.24, 2.45) is 5.73 Å². The fourth-order valence-corrected chi connectivity index (χ4v) is 1.73. The Balaban J connectivity index is 2.02. The third kappa shape index (κ3) is 3.01. The van der Waals surface area contributed by atoms with Gasteiger partial charge in [0.05, 0.1) is 12.6 Å². The summed E-state index contributed by atoms with van der Waals surface area (Å²) in [5.41, 5.74) is 5.77. The molecule has 7 heteroatoms. The average Bonchev–Trinajstić information content (AvgIpc) is 2.78. The van der Waals surface area contributed by atoms with Crippen LogP contribution in [0.2, 0.25) is 0 Å². The number of ether oxygens (including phenoxy) is 1. The van der Waals surface area contributed by atoms with Crippen molar-refractivity contribution in [3.05, 3.63) is 11.7 Å². The molecule has 0 saturated carbocycles. The number of aliphatic hydroxyl groups excluding tert-OH is 1.